The van der Waals surface area contributed by atoms with E-state index in [0.717, 1.165) is 37.2 Å². The van der Waals surface area contributed by atoms with Gasteiger partial charge in [-0.25, -0.2) is 0 Å². The predicted octanol–water partition coefficient (Wildman–Crippen LogP) is 0.734. The fourth-order valence-corrected chi connectivity index (χ4v) is 2.60. The summed E-state index contributed by atoms with van der Waals surface area (Å²) < 4.78 is 5.74. The van der Waals surface area contributed by atoms with E-state index < -0.39 is 0 Å². The van der Waals surface area contributed by atoms with Crippen LogP contribution in [0.2, 0.25) is 0 Å². The Morgan fingerprint density at radius 3 is 3.15 bits per heavy atom. The number of ether oxygens (including phenoxy) is 1. The van der Waals surface area contributed by atoms with Gasteiger partial charge in [-0.3, -0.25) is 9.69 Å². The van der Waals surface area contributed by atoms with Crippen LogP contribution in [0.5, 0.6) is 5.75 Å². The van der Waals surface area contributed by atoms with Gasteiger partial charge in [0.1, 0.15) is 12.4 Å². The first-order chi connectivity index (χ1) is 9.74. The van der Waals surface area contributed by atoms with Crippen LogP contribution in [-0.4, -0.2) is 43.6 Å². The lowest BCUT2D eigenvalue weighted by Gasteiger charge is -2.22. The third-order valence-corrected chi connectivity index (χ3v) is 3.69. The second kappa shape index (κ2) is 7.26. The molecule has 2 rings (SSSR count). The maximum atomic E-state index is 11.7. The highest BCUT2D eigenvalue weighted by Gasteiger charge is 2.29. The lowest BCUT2D eigenvalue weighted by atomic mass is 10.2. The third kappa shape index (κ3) is 3.71. The van der Waals surface area contributed by atoms with E-state index in [4.69, 9.17) is 10.5 Å². The minimum atomic E-state index is -0.000948. The Labute approximate surface area is 120 Å². The molecule has 1 aliphatic heterocycles. The number of amides is 1. The van der Waals surface area contributed by atoms with Crippen LogP contribution in [0.15, 0.2) is 24.3 Å². The Bertz CT molecular complexity index is 450. The first-order valence-corrected chi connectivity index (χ1v) is 7.12. The van der Waals surface area contributed by atoms with E-state index in [0.29, 0.717) is 13.2 Å². The molecule has 1 aliphatic rings. The largest absolute Gasteiger partial charge is 0.492 e. The number of nitrogens with zero attached hydrogens (tertiary/aromatic N) is 1. The summed E-state index contributed by atoms with van der Waals surface area (Å²) in [6, 6.07) is 7.81. The number of carbonyl (C=O) groups excluding carboxylic acids is 1. The van der Waals surface area contributed by atoms with Gasteiger partial charge in [-0.15, -0.1) is 0 Å². The van der Waals surface area contributed by atoms with Crippen molar-refractivity contribution in [2.75, 3.05) is 26.7 Å². The molecule has 20 heavy (non-hydrogen) atoms. The normalized spacial score (nSPS) is 19.0. The van der Waals surface area contributed by atoms with Crippen molar-refractivity contribution in [1.29, 1.82) is 0 Å². The smallest absolute Gasteiger partial charge is 0.237 e. The fraction of sp³-hybridized carbons (Fsp3) is 0.533. The van der Waals surface area contributed by atoms with Crippen LogP contribution in [0.4, 0.5) is 0 Å². The van der Waals surface area contributed by atoms with E-state index >= 15 is 0 Å². The van der Waals surface area contributed by atoms with Crippen LogP contribution in [0.1, 0.15) is 18.4 Å². The number of carbonyl (C=O) groups is 1. The molecule has 5 heteroatoms. The van der Waals surface area contributed by atoms with Crippen LogP contribution >= 0.6 is 0 Å². The fourth-order valence-electron chi connectivity index (χ4n) is 2.60. The van der Waals surface area contributed by atoms with E-state index in [2.05, 4.69) is 10.2 Å². The van der Waals surface area contributed by atoms with Crippen molar-refractivity contribution in [3.63, 3.8) is 0 Å². The standard InChI is InChI=1S/C15H23N3O2/c1-17-15(19)14-6-3-7-18(14)8-9-20-13-5-2-4-12(10-13)11-16/h2,4-5,10,14H,3,6-9,11,16H2,1H3,(H,17,19). The zero-order chi connectivity index (χ0) is 14.4. The third-order valence-electron chi connectivity index (χ3n) is 3.69. The van der Waals surface area contributed by atoms with E-state index in [1.165, 1.54) is 0 Å². The summed E-state index contributed by atoms with van der Waals surface area (Å²) in [5.74, 6) is 0.941. The monoisotopic (exact) mass is 277 g/mol. The summed E-state index contributed by atoms with van der Waals surface area (Å²) in [5, 5.41) is 2.72. The average Bonchev–Trinajstić information content (AvgIpc) is 2.95. The van der Waals surface area contributed by atoms with E-state index in [1.807, 2.05) is 24.3 Å². The maximum Gasteiger partial charge on any atom is 0.237 e. The lowest BCUT2D eigenvalue weighted by Crippen LogP contribution is -2.43. The van der Waals surface area contributed by atoms with Crippen LogP contribution in [-0.2, 0) is 11.3 Å². The van der Waals surface area contributed by atoms with Crippen molar-refractivity contribution in [2.24, 2.45) is 5.73 Å². The maximum absolute atomic E-state index is 11.7. The summed E-state index contributed by atoms with van der Waals surface area (Å²) in [6.07, 6.45) is 2.00. The summed E-state index contributed by atoms with van der Waals surface area (Å²) >= 11 is 0. The zero-order valence-electron chi connectivity index (χ0n) is 12.0. The van der Waals surface area contributed by atoms with Crippen molar-refractivity contribution < 1.29 is 9.53 Å². The molecule has 1 atom stereocenters. The van der Waals surface area contributed by atoms with Gasteiger partial charge in [0.15, 0.2) is 0 Å². The lowest BCUT2D eigenvalue weighted by molar-refractivity contribution is -0.125. The predicted molar refractivity (Wildman–Crippen MR) is 78.5 cm³/mol. The second-order valence-corrected chi connectivity index (χ2v) is 5.01. The Morgan fingerprint density at radius 2 is 2.40 bits per heavy atom. The molecule has 1 heterocycles. The molecule has 0 radical (unpaired) electrons. The topological polar surface area (TPSA) is 67.6 Å². The molecule has 5 nitrogen and oxygen atoms in total. The molecule has 110 valence electrons. The van der Waals surface area contributed by atoms with Crippen molar-refractivity contribution in [2.45, 2.75) is 25.4 Å². The Balaban J connectivity index is 1.81. The van der Waals surface area contributed by atoms with Crippen molar-refractivity contribution >= 4 is 5.91 Å². The molecule has 1 amide bonds. The highest BCUT2D eigenvalue weighted by atomic mass is 16.5. The number of benzene rings is 1. The Hall–Kier alpha value is -1.59. The van der Waals surface area contributed by atoms with Gasteiger partial charge in [0.25, 0.3) is 0 Å². The average molecular weight is 277 g/mol. The van der Waals surface area contributed by atoms with Crippen molar-refractivity contribution in [3.8, 4) is 5.75 Å². The molecule has 0 aliphatic carbocycles. The summed E-state index contributed by atoms with van der Waals surface area (Å²) in [4.78, 5) is 13.9. The molecule has 1 aromatic carbocycles. The van der Waals surface area contributed by atoms with Gasteiger partial charge in [-0.05, 0) is 37.1 Å². The van der Waals surface area contributed by atoms with Crippen LogP contribution in [0, 0.1) is 0 Å². The van der Waals surface area contributed by atoms with E-state index in [1.54, 1.807) is 7.05 Å². The molecule has 1 unspecified atom stereocenters. The van der Waals surface area contributed by atoms with E-state index in [9.17, 15) is 4.79 Å². The number of nitrogens with one attached hydrogen (secondary N) is 1. The van der Waals surface area contributed by atoms with Gasteiger partial charge in [0.05, 0.1) is 6.04 Å². The number of rotatable bonds is 6. The quantitative estimate of drug-likeness (QED) is 0.804. The van der Waals surface area contributed by atoms with E-state index in [-0.39, 0.29) is 11.9 Å². The molecule has 0 saturated carbocycles. The summed E-state index contributed by atoms with van der Waals surface area (Å²) in [7, 11) is 1.69. The van der Waals surface area contributed by atoms with Crippen LogP contribution < -0.4 is 15.8 Å². The number of likely N-dealkylation sites (tertiary alicyclic amines) is 1. The van der Waals surface area contributed by atoms with Gasteiger partial charge in [-0.1, -0.05) is 12.1 Å². The van der Waals surface area contributed by atoms with Crippen molar-refractivity contribution in [1.82, 2.24) is 10.2 Å². The molecule has 1 saturated heterocycles. The molecule has 3 N–H and O–H groups in total. The van der Waals surface area contributed by atoms with Gasteiger partial charge < -0.3 is 15.8 Å². The van der Waals surface area contributed by atoms with Gasteiger partial charge in [0.2, 0.25) is 5.91 Å². The highest BCUT2D eigenvalue weighted by Crippen LogP contribution is 2.17. The molecular formula is C15H23N3O2. The molecule has 0 spiro atoms. The number of hydrogen-bond donors (Lipinski definition) is 2. The number of hydrogen-bond acceptors (Lipinski definition) is 4. The Kier molecular flexibility index (Phi) is 5.38. The first kappa shape index (κ1) is 14.8. The van der Waals surface area contributed by atoms with Gasteiger partial charge >= 0.3 is 0 Å². The molecule has 1 aromatic rings. The second-order valence-electron chi connectivity index (χ2n) is 5.01. The van der Waals surface area contributed by atoms with Crippen LogP contribution in [0.25, 0.3) is 0 Å². The van der Waals surface area contributed by atoms with Gasteiger partial charge in [-0.2, -0.15) is 0 Å². The highest BCUT2D eigenvalue weighted by molar-refractivity contribution is 5.81. The zero-order valence-corrected chi connectivity index (χ0v) is 12.0. The minimum absolute atomic E-state index is 0.000948. The summed E-state index contributed by atoms with van der Waals surface area (Å²) in [6.45, 7) is 2.83. The SMILES string of the molecule is CNC(=O)C1CCCN1CCOc1cccc(CN)c1. The first-order valence-electron chi connectivity index (χ1n) is 7.12. The molecule has 0 bridgehead atoms. The van der Waals surface area contributed by atoms with Crippen molar-refractivity contribution in [3.05, 3.63) is 29.8 Å². The summed E-state index contributed by atoms with van der Waals surface area (Å²) in [5.41, 5.74) is 6.67. The molecular weight excluding hydrogens is 254 g/mol. The number of likely N-dealkylation sites (N-methyl/N-ethyl adjacent to an activating group) is 1. The Morgan fingerprint density at radius 1 is 1.55 bits per heavy atom. The molecule has 1 fully saturated rings. The minimum Gasteiger partial charge on any atom is -0.492 e. The molecule has 0 aromatic heterocycles. The van der Waals surface area contributed by atoms with Gasteiger partial charge in [0, 0.05) is 20.1 Å². The van der Waals surface area contributed by atoms with Crippen LogP contribution in [0.3, 0.4) is 0 Å². The number of nitrogens with two attached hydrogens (primary N) is 1.